The van der Waals surface area contributed by atoms with E-state index in [2.05, 4.69) is 27.8 Å². The number of piperazine rings is 1. The first-order valence-electron chi connectivity index (χ1n) is 6.55. The van der Waals surface area contributed by atoms with Crippen molar-refractivity contribution < 1.29 is 12.8 Å². The zero-order chi connectivity index (χ0) is 14.8. The molecular formula is C12H18BrClN2O3S. The fourth-order valence-electron chi connectivity index (χ4n) is 2.29. The third kappa shape index (κ3) is 3.39. The molecule has 0 spiro atoms. The highest BCUT2D eigenvalue weighted by atomic mass is 79.9. The minimum absolute atomic E-state index is 0.151. The highest BCUT2D eigenvalue weighted by Gasteiger charge is 2.31. The number of nitrogens with zero attached hydrogens (tertiary/aromatic N) is 2. The highest BCUT2D eigenvalue weighted by molar-refractivity contribution is 9.10. The van der Waals surface area contributed by atoms with Gasteiger partial charge in [-0.3, -0.25) is 0 Å². The van der Waals surface area contributed by atoms with E-state index in [1.807, 2.05) is 0 Å². The van der Waals surface area contributed by atoms with Crippen molar-refractivity contribution in [1.29, 1.82) is 0 Å². The van der Waals surface area contributed by atoms with Gasteiger partial charge < -0.3 is 9.32 Å². The van der Waals surface area contributed by atoms with E-state index in [-0.39, 0.29) is 15.4 Å². The standard InChI is InChI=1S/C12H18BrClN2O3S/c1-2-3-15-4-6-16(7-5-15)20(17,18)11-8-10(9-14)19-12(11)13/h8H,2-7,9H2,1H3. The Hall–Kier alpha value is -0.0800. The average Bonchev–Trinajstić information content (AvgIpc) is 2.82. The van der Waals surface area contributed by atoms with Crippen LogP contribution in [-0.4, -0.2) is 50.3 Å². The van der Waals surface area contributed by atoms with Gasteiger partial charge in [-0.15, -0.1) is 11.6 Å². The second-order valence-corrected chi connectivity index (χ2v) is 7.62. The number of hydrogen-bond acceptors (Lipinski definition) is 4. The van der Waals surface area contributed by atoms with Gasteiger partial charge in [0.25, 0.3) is 0 Å². The molecule has 2 rings (SSSR count). The summed E-state index contributed by atoms with van der Waals surface area (Å²) in [6, 6.07) is 1.49. The molecule has 2 heterocycles. The molecule has 0 aliphatic carbocycles. The summed E-state index contributed by atoms with van der Waals surface area (Å²) in [6.45, 7) is 5.70. The predicted molar refractivity (Wildman–Crippen MR) is 81.5 cm³/mol. The van der Waals surface area contributed by atoms with Gasteiger partial charge in [0.1, 0.15) is 10.7 Å². The van der Waals surface area contributed by atoms with Crippen molar-refractivity contribution in [3.63, 3.8) is 0 Å². The first kappa shape index (κ1) is 16.3. The van der Waals surface area contributed by atoms with Gasteiger partial charge in [0.2, 0.25) is 10.0 Å². The van der Waals surface area contributed by atoms with Crippen LogP contribution in [0.25, 0.3) is 0 Å². The average molecular weight is 386 g/mol. The number of rotatable bonds is 5. The van der Waals surface area contributed by atoms with Crippen LogP contribution in [0.4, 0.5) is 0 Å². The Morgan fingerprint density at radius 1 is 1.35 bits per heavy atom. The molecule has 0 unspecified atom stereocenters. The van der Waals surface area contributed by atoms with Gasteiger partial charge in [-0.1, -0.05) is 6.92 Å². The first-order valence-corrected chi connectivity index (χ1v) is 9.32. The molecule has 0 radical (unpaired) electrons. The summed E-state index contributed by atoms with van der Waals surface area (Å²) in [5.41, 5.74) is 0. The first-order chi connectivity index (χ1) is 9.48. The maximum absolute atomic E-state index is 12.6. The molecule has 0 aromatic carbocycles. The fourth-order valence-corrected chi connectivity index (χ4v) is 4.80. The molecule has 20 heavy (non-hydrogen) atoms. The lowest BCUT2D eigenvalue weighted by Crippen LogP contribution is -2.48. The molecule has 114 valence electrons. The lowest BCUT2D eigenvalue weighted by atomic mass is 10.3. The Bertz CT molecular complexity index is 553. The van der Waals surface area contributed by atoms with E-state index in [1.54, 1.807) is 0 Å². The van der Waals surface area contributed by atoms with E-state index in [0.717, 1.165) is 26.1 Å². The minimum atomic E-state index is -3.51. The Labute approximate surface area is 133 Å². The minimum Gasteiger partial charge on any atom is -0.452 e. The van der Waals surface area contributed by atoms with Gasteiger partial charge in [-0.2, -0.15) is 4.31 Å². The largest absolute Gasteiger partial charge is 0.452 e. The van der Waals surface area contributed by atoms with Crippen LogP contribution >= 0.6 is 27.5 Å². The van der Waals surface area contributed by atoms with E-state index in [0.29, 0.717) is 18.8 Å². The Balaban J connectivity index is 2.13. The van der Waals surface area contributed by atoms with Crippen LogP contribution in [0.3, 0.4) is 0 Å². The molecule has 0 saturated carbocycles. The van der Waals surface area contributed by atoms with Gasteiger partial charge in [-0.05, 0) is 28.9 Å². The number of furan rings is 1. The van der Waals surface area contributed by atoms with Gasteiger partial charge >= 0.3 is 0 Å². The van der Waals surface area contributed by atoms with Crippen molar-refractivity contribution in [2.24, 2.45) is 0 Å². The van der Waals surface area contributed by atoms with Crippen molar-refractivity contribution in [1.82, 2.24) is 9.21 Å². The molecule has 8 heteroatoms. The van der Waals surface area contributed by atoms with E-state index in [4.69, 9.17) is 16.0 Å². The third-order valence-corrected chi connectivity index (χ3v) is 6.35. The van der Waals surface area contributed by atoms with Crippen LogP contribution < -0.4 is 0 Å². The maximum atomic E-state index is 12.6. The van der Waals surface area contributed by atoms with Crippen LogP contribution in [-0.2, 0) is 15.9 Å². The second kappa shape index (κ2) is 6.79. The van der Waals surface area contributed by atoms with Crippen molar-refractivity contribution in [3.8, 4) is 0 Å². The number of alkyl halides is 1. The lowest BCUT2D eigenvalue weighted by molar-refractivity contribution is 0.188. The highest BCUT2D eigenvalue weighted by Crippen LogP contribution is 2.29. The number of hydrogen-bond donors (Lipinski definition) is 0. The molecule has 1 fully saturated rings. The smallest absolute Gasteiger partial charge is 0.247 e. The zero-order valence-corrected chi connectivity index (χ0v) is 14.5. The molecule has 0 amide bonds. The molecule has 1 aliphatic rings. The summed E-state index contributed by atoms with van der Waals surface area (Å²) < 4.78 is 32.2. The summed E-state index contributed by atoms with van der Waals surface area (Å²) in [6.07, 6.45) is 1.08. The summed E-state index contributed by atoms with van der Waals surface area (Å²) in [5.74, 6) is 0.597. The molecular weight excluding hydrogens is 368 g/mol. The molecule has 0 N–H and O–H groups in total. The lowest BCUT2D eigenvalue weighted by Gasteiger charge is -2.33. The molecule has 1 aliphatic heterocycles. The second-order valence-electron chi connectivity index (χ2n) is 4.73. The van der Waals surface area contributed by atoms with Crippen LogP contribution in [0.5, 0.6) is 0 Å². The van der Waals surface area contributed by atoms with Crippen molar-refractivity contribution in [2.45, 2.75) is 24.1 Å². The van der Waals surface area contributed by atoms with Crippen molar-refractivity contribution >= 4 is 37.6 Å². The summed E-state index contributed by atoms with van der Waals surface area (Å²) in [7, 11) is -3.51. The molecule has 1 saturated heterocycles. The van der Waals surface area contributed by atoms with E-state index >= 15 is 0 Å². The fraction of sp³-hybridized carbons (Fsp3) is 0.667. The summed E-state index contributed by atoms with van der Waals surface area (Å²) >= 11 is 8.83. The van der Waals surface area contributed by atoms with Crippen LogP contribution in [0, 0.1) is 0 Å². The van der Waals surface area contributed by atoms with E-state index < -0.39 is 10.0 Å². The molecule has 0 bridgehead atoms. The number of sulfonamides is 1. The predicted octanol–water partition coefficient (Wildman–Crippen LogP) is 2.50. The number of halogens is 2. The normalized spacial score (nSPS) is 18.6. The maximum Gasteiger partial charge on any atom is 0.247 e. The van der Waals surface area contributed by atoms with Crippen LogP contribution in [0.2, 0.25) is 0 Å². The Kier molecular flexibility index (Phi) is 5.53. The molecule has 1 aromatic rings. The molecule has 0 atom stereocenters. The Morgan fingerprint density at radius 3 is 2.50 bits per heavy atom. The van der Waals surface area contributed by atoms with Crippen molar-refractivity contribution in [3.05, 3.63) is 16.5 Å². The van der Waals surface area contributed by atoms with Gasteiger partial charge in [0.05, 0.1) is 5.88 Å². The van der Waals surface area contributed by atoms with E-state index in [1.165, 1.54) is 10.4 Å². The Morgan fingerprint density at radius 2 is 2.00 bits per heavy atom. The van der Waals surface area contributed by atoms with Gasteiger partial charge in [0.15, 0.2) is 4.67 Å². The van der Waals surface area contributed by atoms with Crippen LogP contribution in [0.1, 0.15) is 19.1 Å². The molecule has 1 aromatic heterocycles. The van der Waals surface area contributed by atoms with Crippen LogP contribution in [0.15, 0.2) is 20.0 Å². The quantitative estimate of drug-likeness (QED) is 0.731. The van der Waals surface area contributed by atoms with Gasteiger partial charge in [0, 0.05) is 32.2 Å². The van der Waals surface area contributed by atoms with Gasteiger partial charge in [-0.25, -0.2) is 8.42 Å². The summed E-state index contributed by atoms with van der Waals surface area (Å²) in [4.78, 5) is 2.44. The summed E-state index contributed by atoms with van der Waals surface area (Å²) in [5, 5.41) is 0. The topological polar surface area (TPSA) is 53.8 Å². The van der Waals surface area contributed by atoms with Crippen molar-refractivity contribution in [2.75, 3.05) is 32.7 Å². The zero-order valence-electron chi connectivity index (χ0n) is 11.3. The molecule has 5 nitrogen and oxygen atoms in total. The SMILES string of the molecule is CCCN1CCN(S(=O)(=O)c2cc(CCl)oc2Br)CC1. The van der Waals surface area contributed by atoms with E-state index in [9.17, 15) is 8.42 Å². The third-order valence-electron chi connectivity index (χ3n) is 3.33. The monoisotopic (exact) mass is 384 g/mol.